The summed E-state index contributed by atoms with van der Waals surface area (Å²) in [6, 6.07) is 5.30. The van der Waals surface area contributed by atoms with E-state index in [1.54, 1.807) is 18.3 Å². The van der Waals surface area contributed by atoms with Crippen molar-refractivity contribution in [3.63, 3.8) is 0 Å². The number of hydrogen-bond donors (Lipinski definition) is 1. The maximum Gasteiger partial charge on any atom is 0.308 e. The van der Waals surface area contributed by atoms with E-state index < -0.39 is 0 Å². The number of carbonyl (C=O) groups excluding carboxylic acids is 1. The van der Waals surface area contributed by atoms with Crippen LogP contribution in [0.25, 0.3) is 10.9 Å². The number of nitrogens with zero attached hydrogens (tertiary/aromatic N) is 2. The largest absolute Gasteiger partial charge is 0.324 e. The van der Waals surface area contributed by atoms with Crippen molar-refractivity contribution in [1.82, 2.24) is 9.55 Å². The van der Waals surface area contributed by atoms with E-state index in [0.29, 0.717) is 16.2 Å². The first-order valence-corrected chi connectivity index (χ1v) is 9.06. The minimum Gasteiger partial charge on any atom is -0.324 e. The lowest BCUT2D eigenvalue weighted by Crippen LogP contribution is -2.25. The maximum absolute atomic E-state index is 12.4. The van der Waals surface area contributed by atoms with Crippen molar-refractivity contribution in [3.05, 3.63) is 54.1 Å². The third-order valence-electron chi connectivity index (χ3n) is 3.71. The molecule has 5 nitrogen and oxygen atoms in total. The topological polar surface area (TPSA) is 64.0 Å². The number of fused-ring (bicyclic) bond motifs is 1. The molecule has 8 heteroatoms. The third kappa shape index (κ3) is 3.24. The predicted molar refractivity (Wildman–Crippen MR) is 101 cm³/mol. The summed E-state index contributed by atoms with van der Waals surface area (Å²) in [4.78, 5) is 29.3. The fourth-order valence-electron chi connectivity index (χ4n) is 2.39. The number of amides is 1. The summed E-state index contributed by atoms with van der Waals surface area (Å²) in [5, 5.41) is 4.07. The molecule has 1 N–H and O–H groups in total. The van der Waals surface area contributed by atoms with Crippen molar-refractivity contribution in [1.29, 1.82) is 0 Å². The number of halogens is 2. The quantitative estimate of drug-likeness (QED) is 0.685. The lowest BCUT2D eigenvalue weighted by Gasteiger charge is -2.10. The van der Waals surface area contributed by atoms with E-state index in [4.69, 9.17) is 11.6 Å². The van der Waals surface area contributed by atoms with Gasteiger partial charge in [-0.3, -0.25) is 19.1 Å². The Hall–Kier alpha value is -1.70. The number of anilines is 1. The van der Waals surface area contributed by atoms with Crippen LogP contribution in [0.4, 0.5) is 5.69 Å². The Balaban J connectivity index is 1.92. The number of benzene rings is 1. The molecular weight excluding hydrogens is 414 g/mol. The molecule has 0 radical (unpaired) electrons. The molecule has 1 amide bonds. The standard InChI is InChI=1S/C16H13BrClN3O2S/c1-8-9(2)24-16(23)21(8)7-14(22)20-13-3-4-19-15-11(13)5-10(17)6-12(15)18/h3-6H,7H2,1-2H3,(H,19,20,22). The second-order valence-electron chi connectivity index (χ2n) is 5.29. The number of rotatable bonds is 3. The van der Waals surface area contributed by atoms with Crippen LogP contribution in [0.15, 0.2) is 33.7 Å². The summed E-state index contributed by atoms with van der Waals surface area (Å²) in [6.45, 7) is 3.67. The number of nitrogens with one attached hydrogen (secondary N) is 1. The van der Waals surface area contributed by atoms with Gasteiger partial charge in [-0.25, -0.2) is 0 Å². The van der Waals surface area contributed by atoms with Crippen LogP contribution in [0.5, 0.6) is 0 Å². The zero-order chi connectivity index (χ0) is 17.4. The number of carbonyl (C=O) groups is 1. The van der Waals surface area contributed by atoms with E-state index in [1.165, 1.54) is 4.57 Å². The second kappa shape index (κ2) is 6.66. The molecule has 3 aromatic rings. The molecule has 2 aromatic heterocycles. The molecule has 0 unspecified atom stereocenters. The molecule has 0 saturated heterocycles. The van der Waals surface area contributed by atoms with E-state index >= 15 is 0 Å². The minimum atomic E-state index is -0.276. The molecule has 0 bridgehead atoms. The Labute approximate surface area is 155 Å². The zero-order valence-corrected chi connectivity index (χ0v) is 16.1. The van der Waals surface area contributed by atoms with Gasteiger partial charge in [0.2, 0.25) is 5.91 Å². The molecule has 0 atom stereocenters. The van der Waals surface area contributed by atoms with Crippen molar-refractivity contribution in [2.45, 2.75) is 20.4 Å². The lowest BCUT2D eigenvalue weighted by atomic mass is 10.2. The summed E-state index contributed by atoms with van der Waals surface area (Å²) in [6.07, 6.45) is 1.59. The monoisotopic (exact) mass is 425 g/mol. The fraction of sp³-hybridized carbons (Fsp3) is 0.188. The first-order valence-electron chi connectivity index (χ1n) is 7.07. The molecule has 0 aliphatic heterocycles. The Morgan fingerprint density at radius 2 is 2.17 bits per heavy atom. The van der Waals surface area contributed by atoms with Gasteiger partial charge in [0.25, 0.3) is 0 Å². The van der Waals surface area contributed by atoms with Crippen LogP contribution in [-0.2, 0) is 11.3 Å². The lowest BCUT2D eigenvalue weighted by molar-refractivity contribution is -0.116. The van der Waals surface area contributed by atoms with Crippen molar-refractivity contribution in [2.75, 3.05) is 5.32 Å². The summed E-state index contributed by atoms with van der Waals surface area (Å²) < 4.78 is 2.27. The highest BCUT2D eigenvalue weighted by molar-refractivity contribution is 9.10. The molecule has 0 fully saturated rings. The van der Waals surface area contributed by atoms with Crippen molar-refractivity contribution in [2.24, 2.45) is 0 Å². The molecule has 124 valence electrons. The van der Waals surface area contributed by atoms with Gasteiger partial charge in [-0.2, -0.15) is 0 Å². The minimum absolute atomic E-state index is 0.0272. The molecule has 1 aromatic carbocycles. The third-order valence-corrected chi connectivity index (χ3v) is 5.46. The number of hydrogen-bond acceptors (Lipinski definition) is 4. The normalized spacial score (nSPS) is 11.0. The summed E-state index contributed by atoms with van der Waals surface area (Å²) in [5.41, 5.74) is 2.02. The van der Waals surface area contributed by atoms with E-state index in [1.807, 2.05) is 19.9 Å². The Morgan fingerprint density at radius 3 is 2.83 bits per heavy atom. The van der Waals surface area contributed by atoms with Crippen LogP contribution in [-0.4, -0.2) is 15.5 Å². The number of aryl methyl sites for hydroxylation is 1. The number of aromatic nitrogens is 2. The molecule has 24 heavy (non-hydrogen) atoms. The van der Waals surface area contributed by atoms with Crippen LogP contribution in [0.2, 0.25) is 5.02 Å². The van der Waals surface area contributed by atoms with Gasteiger partial charge in [0.1, 0.15) is 6.54 Å². The average molecular weight is 427 g/mol. The SMILES string of the molecule is Cc1sc(=O)n(CC(=O)Nc2ccnc3c(Cl)cc(Br)cc23)c1C. The molecule has 0 aliphatic carbocycles. The summed E-state index contributed by atoms with van der Waals surface area (Å²) in [7, 11) is 0. The van der Waals surface area contributed by atoms with Crippen LogP contribution in [0, 0.1) is 13.8 Å². The highest BCUT2D eigenvalue weighted by atomic mass is 79.9. The van der Waals surface area contributed by atoms with Gasteiger partial charge >= 0.3 is 4.87 Å². The van der Waals surface area contributed by atoms with E-state index in [-0.39, 0.29) is 17.3 Å². The highest BCUT2D eigenvalue weighted by Gasteiger charge is 2.13. The van der Waals surface area contributed by atoms with Crippen molar-refractivity contribution < 1.29 is 4.79 Å². The van der Waals surface area contributed by atoms with Crippen LogP contribution in [0.3, 0.4) is 0 Å². The van der Waals surface area contributed by atoms with Crippen LogP contribution in [0.1, 0.15) is 10.6 Å². The number of thiazole rings is 1. The van der Waals surface area contributed by atoms with Crippen LogP contribution >= 0.6 is 38.9 Å². The Bertz CT molecular complexity index is 1010. The summed E-state index contributed by atoms with van der Waals surface area (Å²) in [5.74, 6) is -0.276. The molecule has 2 heterocycles. The molecule has 0 aliphatic rings. The Kier molecular flexibility index (Phi) is 4.76. The van der Waals surface area contributed by atoms with Gasteiger partial charge in [0.05, 0.1) is 16.2 Å². The maximum atomic E-state index is 12.4. The fourth-order valence-corrected chi connectivity index (χ4v) is 4.08. The van der Waals surface area contributed by atoms with E-state index in [9.17, 15) is 9.59 Å². The van der Waals surface area contributed by atoms with Gasteiger partial charge in [0.15, 0.2) is 0 Å². The van der Waals surface area contributed by atoms with Gasteiger partial charge in [-0.15, -0.1) is 0 Å². The van der Waals surface area contributed by atoms with Gasteiger partial charge in [0, 0.05) is 26.6 Å². The van der Waals surface area contributed by atoms with Gasteiger partial charge in [-0.05, 0) is 32.0 Å². The van der Waals surface area contributed by atoms with Crippen molar-refractivity contribution in [3.8, 4) is 0 Å². The Morgan fingerprint density at radius 1 is 1.42 bits per heavy atom. The molecular formula is C16H13BrClN3O2S. The second-order valence-corrected chi connectivity index (χ2v) is 7.77. The van der Waals surface area contributed by atoms with Gasteiger partial charge in [-0.1, -0.05) is 38.9 Å². The average Bonchev–Trinajstić information content (AvgIpc) is 2.74. The van der Waals surface area contributed by atoms with E-state index in [0.717, 1.165) is 31.8 Å². The molecule has 3 rings (SSSR count). The zero-order valence-electron chi connectivity index (χ0n) is 12.9. The summed E-state index contributed by atoms with van der Waals surface area (Å²) >= 11 is 10.7. The predicted octanol–water partition coefficient (Wildman–Crippen LogP) is 4.13. The smallest absolute Gasteiger partial charge is 0.308 e. The molecule has 0 saturated carbocycles. The van der Waals surface area contributed by atoms with Gasteiger partial charge < -0.3 is 5.32 Å². The first-order chi connectivity index (χ1) is 11.4. The molecule has 0 spiro atoms. The first kappa shape index (κ1) is 17.1. The van der Waals surface area contributed by atoms with Crippen LogP contribution < -0.4 is 10.2 Å². The number of pyridine rings is 1. The van der Waals surface area contributed by atoms with Crippen molar-refractivity contribution >= 4 is 61.4 Å². The highest BCUT2D eigenvalue weighted by Crippen LogP contribution is 2.31. The van der Waals surface area contributed by atoms with E-state index in [2.05, 4.69) is 26.2 Å².